The number of aliphatic hydroxyl groups excluding tert-OH is 1. The number of aliphatic hydroxyl groups is 1. The summed E-state index contributed by atoms with van der Waals surface area (Å²) in [5.41, 5.74) is 0.877. The fourth-order valence-electron chi connectivity index (χ4n) is 0.768. The highest BCUT2D eigenvalue weighted by molar-refractivity contribution is 5.06. The third kappa shape index (κ3) is 1.36. The minimum Gasteiger partial charge on any atom is -0.389 e. The lowest BCUT2D eigenvalue weighted by Gasteiger charge is -1.96. The Bertz CT molecular complexity index is 205. The quantitative estimate of drug-likeness (QED) is 0.664. The third-order valence-electron chi connectivity index (χ3n) is 1.46. The van der Waals surface area contributed by atoms with Gasteiger partial charge in [0.05, 0.1) is 12.3 Å². The Kier molecular flexibility index (Phi) is 2.06. The van der Waals surface area contributed by atoms with Crippen LogP contribution in [0.5, 0.6) is 0 Å². The van der Waals surface area contributed by atoms with Crippen molar-refractivity contribution in [2.45, 2.75) is 26.5 Å². The minimum atomic E-state index is -0.403. The van der Waals surface area contributed by atoms with Gasteiger partial charge in [0.1, 0.15) is 0 Å². The molecule has 0 unspecified atom stereocenters. The molecular weight excluding hydrogens is 128 g/mol. The second-order valence-electron chi connectivity index (χ2n) is 2.31. The van der Waals surface area contributed by atoms with Crippen molar-refractivity contribution in [2.24, 2.45) is 0 Å². The molecule has 0 aliphatic rings. The normalized spacial score (nSPS) is 13.5. The number of aryl methyl sites for hydroxylation is 1. The summed E-state index contributed by atoms with van der Waals surface area (Å²) in [6.07, 6.45) is 3.14. The zero-order valence-electron chi connectivity index (χ0n) is 6.28. The van der Waals surface area contributed by atoms with Crippen LogP contribution in [0.3, 0.4) is 0 Å². The van der Waals surface area contributed by atoms with Gasteiger partial charge in [0, 0.05) is 18.3 Å². The van der Waals surface area contributed by atoms with Gasteiger partial charge in [-0.05, 0) is 13.8 Å². The second kappa shape index (κ2) is 2.84. The molecule has 1 heterocycles. The summed E-state index contributed by atoms with van der Waals surface area (Å²) in [5, 5.41) is 13.1. The molecule has 1 atom stereocenters. The lowest BCUT2D eigenvalue weighted by Crippen LogP contribution is -1.93. The molecule has 0 radical (unpaired) electrons. The fourth-order valence-corrected chi connectivity index (χ4v) is 0.768. The molecule has 0 amide bonds. The number of aromatic nitrogens is 2. The molecule has 0 aromatic carbocycles. The van der Waals surface area contributed by atoms with Crippen molar-refractivity contribution in [3.63, 3.8) is 0 Å². The first-order valence-corrected chi connectivity index (χ1v) is 3.44. The van der Waals surface area contributed by atoms with Crippen LogP contribution < -0.4 is 0 Å². The van der Waals surface area contributed by atoms with E-state index in [1.165, 1.54) is 0 Å². The molecule has 0 aliphatic heterocycles. The van der Waals surface area contributed by atoms with E-state index >= 15 is 0 Å². The first-order chi connectivity index (χ1) is 4.74. The van der Waals surface area contributed by atoms with E-state index in [4.69, 9.17) is 5.11 Å². The van der Waals surface area contributed by atoms with Crippen LogP contribution in [0, 0.1) is 0 Å². The predicted molar refractivity (Wildman–Crippen MR) is 38.5 cm³/mol. The highest BCUT2D eigenvalue weighted by Gasteiger charge is 2.01. The van der Waals surface area contributed by atoms with Crippen molar-refractivity contribution < 1.29 is 5.11 Å². The maximum Gasteiger partial charge on any atom is 0.0792 e. The van der Waals surface area contributed by atoms with E-state index in [-0.39, 0.29) is 0 Å². The molecule has 0 aliphatic carbocycles. The van der Waals surface area contributed by atoms with Gasteiger partial charge in [-0.1, -0.05) is 0 Å². The number of rotatable bonds is 2. The molecule has 1 N–H and O–H groups in total. The van der Waals surface area contributed by atoms with Crippen LogP contribution in [0.1, 0.15) is 25.5 Å². The van der Waals surface area contributed by atoms with Crippen LogP contribution in [0.15, 0.2) is 12.4 Å². The van der Waals surface area contributed by atoms with Gasteiger partial charge in [-0.25, -0.2) is 0 Å². The van der Waals surface area contributed by atoms with Crippen LogP contribution in [0.2, 0.25) is 0 Å². The van der Waals surface area contributed by atoms with Gasteiger partial charge in [-0.15, -0.1) is 0 Å². The summed E-state index contributed by atoms with van der Waals surface area (Å²) < 4.78 is 1.79. The van der Waals surface area contributed by atoms with Crippen molar-refractivity contribution >= 4 is 0 Å². The highest BCUT2D eigenvalue weighted by Crippen LogP contribution is 2.08. The zero-order valence-corrected chi connectivity index (χ0v) is 6.28. The maximum absolute atomic E-state index is 9.08. The standard InChI is InChI=1S/C7H12N2O/c1-3-9-5-7(4-8-9)6(2)10/h4-6,10H,3H2,1-2H3/t6-/m0/s1. The number of nitrogens with zero attached hydrogens (tertiary/aromatic N) is 2. The summed E-state index contributed by atoms with van der Waals surface area (Å²) in [4.78, 5) is 0. The molecule has 0 fully saturated rings. The van der Waals surface area contributed by atoms with Crippen molar-refractivity contribution in [1.29, 1.82) is 0 Å². The topological polar surface area (TPSA) is 38.0 Å². The number of hydrogen-bond acceptors (Lipinski definition) is 2. The van der Waals surface area contributed by atoms with Gasteiger partial charge in [0.25, 0.3) is 0 Å². The molecule has 56 valence electrons. The van der Waals surface area contributed by atoms with Crippen LogP contribution in [-0.4, -0.2) is 14.9 Å². The van der Waals surface area contributed by atoms with Gasteiger partial charge in [0.15, 0.2) is 0 Å². The predicted octanol–water partition coefficient (Wildman–Crippen LogP) is 0.956. The van der Waals surface area contributed by atoms with Crippen LogP contribution in [-0.2, 0) is 6.54 Å². The average Bonchev–Trinajstić information content (AvgIpc) is 2.34. The highest BCUT2D eigenvalue weighted by atomic mass is 16.3. The molecular formula is C7H12N2O. The van der Waals surface area contributed by atoms with Crippen LogP contribution in [0.25, 0.3) is 0 Å². The Morgan fingerprint density at radius 3 is 2.80 bits per heavy atom. The summed E-state index contributed by atoms with van der Waals surface area (Å²) in [6.45, 7) is 4.60. The first-order valence-electron chi connectivity index (χ1n) is 3.44. The summed E-state index contributed by atoms with van der Waals surface area (Å²) in [5.74, 6) is 0. The molecule has 1 rings (SSSR count). The average molecular weight is 140 g/mol. The molecule has 0 bridgehead atoms. The second-order valence-corrected chi connectivity index (χ2v) is 2.31. The molecule has 0 saturated carbocycles. The van der Waals surface area contributed by atoms with Crippen molar-refractivity contribution in [3.8, 4) is 0 Å². The molecule has 1 aromatic heterocycles. The largest absolute Gasteiger partial charge is 0.389 e. The van der Waals surface area contributed by atoms with E-state index in [0.29, 0.717) is 0 Å². The molecule has 0 saturated heterocycles. The van der Waals surface area contributed by atoms with Gasteiger partial charge in [0.2, 0.25) is 0 Å². The van der Waals surface area contributed by atoms with Crippen molar-refractivity contribution in [1.82, 2.24) is 9.78 Å². The summed E-state index contributed by atoms with van der Waals surface area (Å²) >= 11 is 0. The number of hydrogen-bond donors (Lipinski definition) is 1. The maximum atomic E-state index is 9.08. The van der Waals surface area contributed by atoms with E-state index in [1.54, 1.807) is 17.8 Å². The van der Waals surface area contributed by atoms with Gasteiger partial charge in [-0.2, -0.15) is 5.10 Å². The van der Waals surface area contributed by atoms with Crippen LogP contribution >= 0.6 is 0 Å². The smallest absolute Gasteiger partial charge is 0.0792 e. The Morgan fingerprint density at radius 1 is 1.80 bits per heavy atom. The van der Waals surface area contributed by atoms with Crippen molar-refractivity contribution in [2.75, 3.05) is 0 Å². The lowest BCUT2D eigenvalue weighted by atomic mass is 10.2. The van der Waals surface area contributed by atoms with E-state index in [1.807, 2.05) is 13.1 Å². The Balaban J connectivity index is 2.78. The SMILES string of the molecule is CCn1cc([C@H](C)O)cn1. The zero-order chi connectivity index (χ0) is 7.56. The van der Waals surface area contributed by atoms with Gasteiger partial charge < -0.3 is 5.11 Å². The molecule has 3 nitrogen and oxygen atoms in total. The first kappa shape index (κ1) is 7.28. The fraction of sp³-hybridized carbons (Fsp3) is 0.571. The molecule has 3 heteroatoms. The van der Waals surface area contributed by atoms with E-state index < -0.39 is 6.10 Å². The van der Waals surface area contributed by atoms with Crippen LogP contribution in [0.4, 0.5) is 0 Å². The van der Waals surface area contributed by atoms with E-state index in [0.717, 1.165) is 12.1 Å². The summed E-state index contributed by atoms with van der Waals surface area (Å²) in [7, 11) is 0. The monoisotopic (exact) mass is 140 g/mol. The Hall–Kier alpha value is -0.830. The molecule has 10 heavy (non-hydrogen) atoms. The Labute approximate surface area is 60.3 Å². The van der Waals surface area contributed by atoms with E-state index in [2.05, 4.69) is 5.10 Å². The van der Waals surface area contributed by atoms with Gasteiger partial charge in [-0.3, -0.25) is 4.68 Å². The summed E-state index contributed by atoms with van der Waals surface area (Å²) in [6, 6.07) is 0. The third-order valence-corrected chi connectivity index (χ3v) is 1.46. The van der Waals surface area contributed by atoms with E-state index in [9.17, 15) is 0 Å². The molecule has 0 spiro atoms. The van der Waals surface area contributed by atoms with Gasteiger partial charge >= 0.3 is 0 Å². The molecule has 1 aromatic rings. The lowest BCUT2D eigenvalue weighted by molar-refractivity contribution is 0.199. The van der Waals surface area contributed by atoms with Crippen molar-refractivity contribution in [3.05, 3.63) is 18.0 Å². The Morgan fingerprint density at radius 2 is 2.50 bits per heavy atom. The minimum absolute atomic E-state index is 0.403.